The van der Waals surface area contributed by atoms with Gasteiger partial charge in [-0.1, -0.05) is 20.8 Å². The number of nitro groups is 1. The Morgan fingerprint density at radius 1 is 1.37 bits per heavy atom. The van der Waals surface area contributed by atoms with Crippen LogP contribution in [0.2, 0.25) is 0 Å². The average molecular weight is 377 g/mol. The molecule has 0 aliphatic carbocycles. The highest BCUT2D eigenvalue weighted by Gasteiger charge is 2.26. The van der Waals surface area contributed by atoms with Crippen molar-refractivity contribution in [3.05, 3.63) is 33.9 Å². The van der Waals surface area contributed by atoms with Crippen molar-refractivity contribution in [1.82, 2.24) is 4.90 Å². The van der Waals surface area contributed by atoms with Crippen LogP contribution in [-0.2, 0) is 4.74 Å². The molecule has 0 spiro atoms. The SMILES string of the molecule is COCCN(CC(C)C)C(=O)c1ccc(N2CCC(C)CC2)c([N+](=O)[O-])c1. The van der Waals surface area contributed by atoms with Crippen molar-refractivity contribution in [2.75, 3.05) is 44.8 Å². The molecule has 1 aromatic carbocycles. The van der Waals surface area contributed by atoms with Gasteiger partial charge in [-0.25, -0.2) is 0 Å². The Hall–Kier alpha value is -2.15. The molecule has 27 heavy (non-hydrogen) atoms. The van der Waals surface area contributed by atoms with Crippen molar-refractivity contribution < 1.29 is 14.5 Å². The van der Waals surface area contributed by atoms with Gasteiger partial charge in [-0.05, 0) is 36.8 Å². The molecule has 0 radical (unpaired) electrons. The molecule has 2 rings (SSSR count). The van der Waals surface area contributed by atoms with Gasteiger partial charge in [0.15, 0.2) is 0 Å². The molecule has 0 unspecified atom stereocenters. The second kappa shape index (κ2) is 9.69. The number of nitrogens with zero attached hydrogens (tertiary/aromatic N) is 3. The summed E-state index contributed by atoms with van der Waals surface area (Å²) in [6.07, 6.45) is 2.05. The predicted octanol–water partition coefficient (Wildman–Crippen LogP) is 3.58. The normalized spacial score (nSPS) is 15.2. The van der Waals surface area contributed by atoms with E-state index in [-0.39, 0.29) is 16.5 Å². The molecule has 1 aliphatic heterocycles. The molecule has 0 aromatic heterocycles. The summed E-state index contributed by atoms with van der Waals surface area (Å²) in [6, 6.07) is 4.86. The molecule has 0 atom stereocenters. The summed E-state index contributed by atoms with van der Waals surface area (Å²) in [5, 5.41) is 11.7. The van der Waals surface area contributed by atoms with Crippen LogP contribution in [0.15, 0.2) is 18.2 Å². The summed E-state index contributed by atoms with van der Waals surface area (Å²) < 4.78 is 5.10. The zero-order chi connectivity index (χ0) is 20.0. The van der Waals surface area contributed by atoms with Gasteiger partial charge in [-0.15, -0.1) is 0 Å². The van der Waals surface area contributed by atoms with E-state index < -0.39 is 0 Å². The van der Waals surface area contributed by atoms with Gasteiger partial charge in [0, 0.05) is 44.9 Å². The smallest absolute Gasteiger partial charge is 0.293 e. The van der Waals surface area contributed by atoms with Crippen molar-refractivity contribution in [3.8, 4) is 0 Å². The van der Waals surface area contributed by atoms with Gasteiger partial charge in [0.1, 0.15) is 5.69 Å². The molecular formula is C20H31N3O4. The molecule has 7 heteroatoms. The third kappa shape index (κ3) is 5.66. The number of piperidine rings is 1. The molecule has 1 saturated heterocycles. The largest absolute Gasteiger partial charge is 0.383 e. The van der Waals surface area contributed by atoms with Crippen LogP contribution in [0.5, 0.6) is 0 Å². The van der Waals surface area contributed by atoms with Crippen molar-refractivity contribution in [3.63, 3.8) is 0 Å². The Kier molecular flexibility index (Phi) is 7.59. The van der Waals surface area contributed by atoms with Gasteiger partial charge < -0.3 is 14.5 Å². The van der Waals surface area contributed by atoms with Crippen LogP contribution < -0.4 is 4.90 Å². The van der Waals surface area contributed by atoms with Crippen molar-refractivity contribution in [2.24, 2.45) is 11.8 Å². The van der Waals surface area contributed by atoms with Crippen LogP contribution in [0.4, 0.5) is 11.4 Å². The molecular weight excluding hydrogens is 346 g/mol. The van der Waals surface area contributed by atoms with Gasteiger partial charge in [-0.2, -0.15) is 0 Å². The Morgan fingerprint density at radius 3 is 2.59 bits per heavy atom. The lowest BCUT2D eigenvalue weighted by molar-refractivity contribution is -0.384. The molecule has 0 N–H and O–H groups in total. The third-order valence-corrected chi connectivity index (χ3v) is 4.98. The molecule has 0 bridgehead atoms. The maximum Gasteiger partial charge on any atom is 0.293 e. The number of ether oxygens (including phenoxy) is 1. The van der Waals surface area contributed by atoms with Crippen LogP contribution >= 0.6 is 0 Å². The maximum absolute atomic E-state index is 12.9. The second-order valence-electron chi connectivity index (χ2n) is 7.77. The Morgan fingerprint density at radius 2 is 2.04 bits per heavy atom. The number of nitro benzene ring substituents is 1. The maximum atomic E-state index is 12.9. The first-order chi connectivity index (χ1) is 12.8. The van der Waals surface area contributed by atoms with E-state index in [4.69, 9.17) is 4.74 Å². The molecule has 1 amide bonds. The zero-order valence-electron chi connectivity index (χ0n) is 16.8. The lowest BCUT2D eigenvalue weighted by Gasteiger charge is -2.32. The highest BCUT2D eigenvalue weighted by atomic mass is 16.6. The van der Waals surface area contributed by atoms with E-state index in [0.29, 0.717) is 42.8 Å². The number of hydrogen-bond acceptors (Lipinski definition) is 5. The quantitative estimate of drug-likeness (QED) is 0.511. The number of amides is 1. The summed E-state index contributed by atoms with van der Waals surface area (Å²) in [5.74, 6) is 0.754. The molecule has 1 aromatic rings. The number of carbonyl (C=O) groups is 1. The van der Waals surface area contributed by atoms with Gasteiger partial charge in [0.05, 0.1) is 11.5 Å². The minimum absolute atomic E-state index is 0.00615. The number of methoxy groups -OCH3 is 1. The van der Waals surface area contributed by atoms with Gasteiger partial charge in [0.25, 0.3) is 11.6 Å². The highest BCUT2D eigenvalue weighted by Crippen LogP contribution is 2.32. The van der Waals surface area contributed by atoms with E-state index in [1.807, 2.05) is 13.8 Å². The zero-order valence-corrected chi connectivity index (χ0v) is 16.8. The molecule has 7 nitrogen and oxygen atoms in total. The van der Waals surface area contributed by atoms with Crippen LogP contribution in [0.25, 0.3) is 0 Å². The van der Waals surface area contributed by atoms with E-state index in [1.165, 1.54) is 6.07 Å². The van der Waals surface area contributed by atoms with Crippen LogP contribution in [0.1, 0.15) is 44.0 Å². The Balaban J connectivity index is 2.27. The highest BCUT2D eigenvalue weighted by molar-refractivity contribution is 5.95. The molecule has 150 valence electrons. The summed E-state index contributed by atoms with van der Waals surface area (Å²) in [7, 11) is 1.59. The Labute approximate surface area is 161 Å². The fourth-order valence-corrected chi connectivity index (χ4v) is 3.42. The lowest BCUT2D eigenvalue weighted by Crippen LogP contribution is -2.37. The monoisotopic (exact) mass is 377 g/mol. The lowest BCUT2D eigenvalue weighted by atomic mass is 9.98. The van der Waals surface area contributed by atoms with Gasteiger partial charge >= 0.3 is 0 Å². The van der Waals surface area contributed by atoms with E-state index in [9.17, 15) is 14.9 Å². The number of carbonyl (C=O) groups excluding carboxylic acids is 1. The number of anilines is 1. The molecule has 1 heterocycles. The summed E-state index contributed by atoms with van der Waals surface area (Å²) in [5.41, 5.74) is 0.968. The second-order valence-corrected chi connectivity index (χ2v) is 7.77. The van der Waals surface area contributed by atoms with E-state index in [2.05, 4.69) is 11.8 Å². The molecule has 0 saturated carbocycles. The fraction of sp³-hybridized carbons (Fsp3) is 0.650. The standard InChI is InChI=1S/C20H31N3O4/c1-15(2)14-22(11-12-27-4)20(24)17-5-6-18(19(13-17)23(25)26)21-9-7-16(3)8-10-21/h5-6,13,15-16H,7-12,14H2,1-4H3. The first-order valence-corrected chi connectivity index (χ1v) is 9.65. The summed E-state index contributed by atoms with van der Waals surface area (Å²) in [4.78, 5) is 28.0. The van der Waals surface area contributed by atoms with Gasteiger partial charge in [-0.3, -0.25) is 14.9 Å². The van der Waals surface area contributed by atoms with Gasteiger partial charge in [0.2, 0.25) is 0 Å². The molecule has 1 fully saturated rings. The Bertz CT molecular complexity index is 655. The average Bonchev–Trinajstić information content (AvgIpc) is 2.64. The topological polar surface area (TPSA) is 75.9 Å². The van der Waals surface area contributed by atoms with Crippen molar-refractivity contribution in [2.45, 2.75) is 33.6 Å². The summed E-state index contributed by atoms with van der Waals surface area (Å²) in [6.45, 7) is 9.38. The van der Waals surface area contributed by atoms with Crippen LogP contribution in [0, 0.1) is 22.0 Å². The van der Waals surface area contributed by atoms with Crippen molar-refractivity contribution in [1.29, 1.82) is 0 Å². The van der Waals surface area contributed by atoms with Crippen LogP contribution in [-0.4, -0.2) is 55.6 Å². The first-order valence-electron chi connectivity index (χ1n) is 9.65. The van der Waals surface area contributed by atoms with E-state index in [0.717, 1.165) is 25.9 Å². The fourth-order valence-electron chi connectivity index (χ4n) is 3.42. The van der Waals surface area contributed by atoms with E-state index in [1.54, 1.807) is 24.1 Å². The molecule has 1 aliphatic rings. The first kappa shape index (κ1) is 21.2. The van der Waals surface area contributed by atoms with Crippen molar-refractivity contribution >= 4 is 17.3 Å². The minimum atomic E-state index is -0.383. The number of rotatable bonds is 8. The van der Waals surface area contributed by atoms with E-state index >= 15 is 0 Å². The van der Waals surface area contributed by atoms with Crippen LogP contribution in [0.3, 0.4) is 0 Å². The predicted molar refractivity (Wildman–Crippen MR) is 106 cm³/mol. The number of hydrogen-bond donors (Lipinski definition) is 0. The third-order valence-electron chi connectivity index (χ3n) is 4.98. The minimum Gasteiger partial charge on any atom is -0.383 e. The number of benzene rings is 1. The summed E-state index contributed by atoms with van der Waals surface area (Å²) >= 11 is 0.